The molecule has 5 rings (SSSR count). The fourth-order valence-electron chi connectivity index (χ4n) is 4.88. The molecule has 0 spiro atoms. The smallest absolute Gasteiger partial charge is 0.254 e. The molecule has 1 atom stereocenters. The third kappa shape index (κ3) is 3.02. The molecule has 3 aromatic rings. The standard InChI is InChI=1S/C26H22NO2P/c28-23-18-22(25(29)27-23)24-26(19-10-4-1-5-11-19,20-12-6-2-7-13-20)16-17-30(24)21-14-8-3-9-15-21/h1-15H,16-18H2,(H,27,28,29)/b24-22-. The lowest BCUT2D eigenvalue weighted by Crippen LogP contribution is -2.29. The molecule has 1 unspecified atom stereocenters. The summed E-state index contributed by atoms with van der Waals surface area (Å²) in [5, 5.41) is 4.93. The summed E-state index contributed by atoms with van der Waals surface area (Å²) in [6.45, 7) is 0. The van der Waals surface area contributed by atoms with E-state index in [9.17, 15) is 9.59 Å². The van der Waals surface area contributed by atoms with Gasteiger partial charge in [0.15, 0.2) is 0 Å². The highest BCUT2D eigenvalue weighted by Gasteiger charge is 2.50. The van der Waals surface area contributed by atoms with Crippen molar-refractivity contribution in [3.8, 4) is 0 Å². The Morgan fingerprint density at radius 1 is 0.733 bits per heavy atom. The fourth-order valence-corrected chi connectivity index (χ4v) is 8.05. The van der Waals surface area contributed by atoms with E-state index in [-0.39, 0.29) is 18.2 Å². The molecule has 2 heterocycles. The third-order valence-electron chi connectivity index (χ3n) is 6.14. The van der Waals surface area contributed by atoms with Crippen molar-refractivity contribution in [3.63, 3.8) is 0 Å². The summed E-state index contributed by atoms with van der Waals surface area (Å²) >= 11 is 0. The molecule has 2 amide bonds. The van der Waals surface area contributed by atoms with Gasteiger partial charge in [0.2, 0.25) is 5.91 Å². The molecule has 148 valence electrons. The second-order valence-corrected chi connectivity index (χ2v) is 10.0. The average Bonchev–Trinajstić information content (AvgIpc) is 3.35. The van der Waals surface area contributed by atoms with Gasteiger partial charge in [-0.2, -0.15) is 0 Å². The summed E-state index contributed by atoms with van der Waals surface area (Å²) in [5.41, 5.74) is 2.64. The number of carbonyl (C=O) groups excluding carboxylic acids is 2. The molecule has 2 fully saturated rings. The maximum atomic E-state index is 12.9. The Bertz CT molecular complexity index is 1080. The molecule has 3 aromatic carbocycles. The van der Waals surface area contributed by atoms with Gasteiger partial charge in [-0.15, -0.1) is 0 Å². The zero-order valence-corrected chi connectivity index (χ0v) is 17.4. The van der Waals surface area contributed by atoms with Gasteiger partial charge in [0.25, 0.3) is 5.91 Å². The minimum absolute atomic E-state index is 0.168. The lowest BCUT2D eigenvalue weighted by molar-refractivity contribution is -0.124. The highest BCUT2D eigenvalue weighted by atomic mass is 31.1. The Morgan fingerprint density at radius 2 is 1.27 bits per heavy atom. The number of rotatable bonds is 3. The minimum Gasteiger partial charge on any atom is -0.292 e. The molecule has 0 radical (unpaired) electrons. The zero-order valence-electron chi connectivity index (χ0n) is 16.5. The van der Waals surface area contributed by atoms with Gasteiger partial charge in [0.1, 0.15) is 0 Å². The van der Waals surface area contributed by atoms with Crippen LogP contribution in [0.15, 0.2) is 102 Å². The van der Waals surface area contributed by atoms with Gasteiger partial charge in [-0.05, 0) is 42.2 Å². The Hall–Kier alpha value is -3.03. The van der Waals surface area contributed by atoms with Gasteiger partial charge in [-0.1, -0.05) is 91.0 Å². The quantitative estimate of drug-likeness (QED) is 0.392. The van der Waals surface area contributed by atoms with Crippen LogP contribution in [0.2, 0.25) is 0 Å². The Morgan fingerprint density at radius 3 is 1.77 bits per heavy atom. The summed E-state index contributed by atoms with van der Waals surface area (Å²) in [5.74, 6) is -0.427. The van der Waals surface area contributed by atoms with Crippen LogP contribution in [0.3, 0.4) is 0 Å². The molecule has 0 aromatic heterocycles. The van der Waals surface area contributed by atoms with E-state index < -0.39 is 13.3 Å². The van der Waals surface area contributed by atoms with E-state index in [1.165, 1.54) is 16.4 Å². The molecule has 2 aliphatic heterocycles. The van der Waals surface area contributed by atoms with Crippen molar-refractivity contribution in [2.75, 3.05) is 6.16 Å². The Kier molecular flexibility index (Phi) is 4.84. The van der Waals surface area contributed by atoms with Crippen molar-refractivity contribution in [2.24, 2.45) is 0 Å². The Labute approximate surface area is 177 Å². The number of carbonyl (C=O) groups is 2. The van der Waals surface area contributed by atoms with E-state index >= 15 is 0 Å². The molecule has 4 heteroatoms. The molecule has 0 saturated carbocycles. The molecule has 3 nitrogen and oxygen atoms in total. The van der Waals surface area contributed by atoms with E-state index in [1.54, 1.807) is 0 Å². The van der Waals surface area contributed by atoms with Crippen molar-refractivity contribution in [3.05, 3.63) is 113 Å². The minimum atomic E-state index is -0.729. The molecule has 2 aliphatic rings. The van der Waals surface area contributed by atoms with Crippen molar-refractivity contribution in [1.29, 1.82) is 0 Å². The first kappa shape index (κ1) is 19.0. The topological polar surface area (TPSA) is 46.2 Å². The predicted molar refractivity (Wildman–Crippen MR) is 121 cm³/mol. The van der Waals surface area contributed by atoms with Gasteiger partial charge < -0.3 is 0 Å². The summed E-state index contributed by atoms with van der Waals surface area (Å²) in [6, 6.07) is 31.4. The van der Waals surface area contributed by atoms with Crippen molar-refractivity contribution in [1.82, 2.24) is 5.32 Å². The largest absolute Gasteiger partial charge is 0.292 e. The monoisotopic (exact) mass is 411 g/mol. The maximum Gasteiger partial charge on any atom is 0.254 e. The van der Waals surface area contributed by atoms with Gasteiger partial charge in [0, 0.05) is 11.0 Å². The van der Waals surface area contributed by atoms with E-state index in [4.69, 9.17) is 0 Å². The first-order valence-electron chi connectivity index (χ1n) is 10.2. The third-order valence-corrected chi connectivity index (χ3v) is 8.92. The molecule has 2 saturated heterocycles. The predicted octanol–water partition coefficient (Wildman–Crippen LogP) is 4.48. The van der Waals surface area contributed by atoms with Crippen LogP contribution in [-0.2, 0) is 15.0 Å². The van der Waals surface area contributed by atoms with E-state index in [0.29, 0.717) is 5.57 Å². The van der Waals surface area contributed by atoms with Gasteiger partial charge in [0.05, 0.1) is 6.42 Å². The van der Waals surface area contributed by atoms with E-state index in [2.05, 4.69) is 78.1 Å². The number of hydrogen-bond acceptors (Lipinski definition) is 2. The highest BCUT2D eigenvalue weighted by Crippen LogP contribution is 2.65. The van der Waals surface area contributed by atoms with Crippen LogP contribution in [0.4, 0.5) is 0 Å². The van der Waals surface area contributed by atoms with Crippen molar-refractivity contribution < 1.29 is 9.59 Å². The normalized spacial score (nSPS) is 22.9. The lowest BCUT2D eigenvalue weighted by Gasteiger charge is -2.35. The van der Waals surface area contributed by atoms with Crippen LogP contribution in [-0.4, -0.2) is 18.0 Å². The summed E-state index contributed by atoms with van der Waals surface area (Å²) in [4.78, 5) is 25.1. The van der Waals surface area contributed by atoms with Crippen LogP contribution in [0, 0.1) is 0 Å². The van der Waals surface area contributed by atoms with Crippen LogP contribution >= 0.6 is 7.92 Å². The number of nitrogens with one attached hydrogen (secondary N) is 1. The molecular formula is C26H22NO2P. The molecule has 0 aliphatic carbocycles. The van der Waals surface area contributed by atoms with Crippen LogP contribution < -0.4 is 10.6 Å². The molecule has 0 bridgehead atoms. The number of imide groups is 1. The molecular weight excluding hydrogens is 389 g/mol. The fraction of sp³-hybridized carbons (Fsp3) is 0.154. The summed E-state index contributed by atoms with van der Waals surface area (Å²) in [6.07, 6.45) is 2.08. The molecule has 30 heavy (non-hydrogen) atoms. The van der Waals surface area contributed by atoms with Gasteiger partial charge in [-0.3, -0.25) is 14.9 Å². The summed E-state index contributed by atoms with van der Waals surface area (Å²) in [7, 11) is -0.729. The number of benzene rings is 3. The first-order valence-corrected chi connectivity index (χ1v) is 11.7. The van der Waals surface area contributed by atoms with Crippen molar-refractivity contribution in [2.45, 2.75) is 18.3 Å². The number of amides is 2. The van der Waals surface area contributed by atoms with E-state index in [1.807, 2.05) is 18.2 Å². The lowest BCUT2D eigenvalue weighted by atomic mass is 9.71. The van der Waals surface area contributed by atoms with Gasteiger partial charge >= 0.3 is 0 Å². The van der Waals surface area contributed by atoms with Crippen LogP contribution in [0.1, 0.15) is 24.0 Å². The molecule has 1 N–H and O–H groups in total. The second kappa shape index (κ2) is 7.66. The van der Waals surface area contributed by atoms with Crippen molar-refractivity contribution >= 4 is 25.0 Å². The van der Waals surface area contributed by atoms with Crippen LogP contribution in [0.5, 0.6) is 0 Å². The highest BCUT2D eigenvalue weighted by molar-refractivity contribution is 7.70. The zero-order chi connectivity index (χ0) is 20.6. The first-order chi connectivity index (χ1) is 14.7. The SMILES string of the molecule is O=C1C/C(=C2/P(c3ccccc3)CCC2(c2ccccc2)c2ccccc2)C(=O)N1. The summed E-state index contributed by atoms with van der Waals surface area (Å²) < 4.78 is 0. The number of allylic oxidation sites excluding steroid dienone is 1. The Balaban J connectivity index is 1.83. The van der Waals surface area contributed by atoms with Gasteiger partial charge in [-0.25, -0.2) is 0 Å². The second-order valence-electron chi connectivity index (χ2n) is 7.76. The van der Waals surface area contributed by atoms with E-state index in [0.717, 1.165) is 17.9 Å². The van der Waals surface area contributed by atoms with Crippen LogP contribution in [0.25, 0.3) is 0 Å². The maximum absolute atomic E-state index is 12.9. The number of hydrogen-bond donors (Lipinski definition) is 1. The average molecular weight is 411 g/mol.